The number of carbonyl (C=O) groups excluding carboxylic acids is 2. The number of ether oxygens (including phenoxy) is 2. The van der Waals surface area contributed by atoms with Crippen molar-refractivity contribution in [1.29, 1.82) is 0 Å². The van der Waals surface area contributed by atoms with Gasteiger partial charge in [-0.1, -0.05) is 42.5 Å². The highest BCUT2D eigenvalue weighted by Gasteiger charge is 2.55. The molecule has 2 aromatic rings. The molecule has 2 fully saturated rings. The van der Waals surface area contributed by atoms with E-state index in [0.29, 0.717) is 26.2 Å². The monoisotopic (exact) mass is 451 g/mol. The van der Waals surface area contributed by atoms with E-state index in [1.54, 1.807) is 12.0 Å². The van der Waals surface area contributed by atoms with Crippen LogP contribution >= 0.6 is 0 Å². The predicted molar refractivity (Wildman–Crippen MR) is 126 cm³/mol. The fourth-order valence-electron chi connectivity index (χ4n) is 5.23. The van der Waals surface area contributed by atoms with E-state index in [1.807, 2.05) is 54.4 Å². The molecule has 33 heavy (non-hydrogen) atoms. The first-order valence-electron chi connectivity index (χ1n) is 11.5. The van der Waals surface area contributed by atoms with Gasteiger partial charge in [0.15, 0.2) is 0 Å². The smallest absolute Gasteiger partial charge is 0.241 e. The molecule has 2 amide bonds. The molecular formula is C26H33N3O4. The normalized spacial score (nSPS) is 23.7. The Hall–Kier alpha value is -2.90. The Morgan fingerprint density at radius 1 is 1.18 bits per heavy atom. The fraction of sp³-hybridized carbons (Fsp3) is 0.462. The van der Waals surface area contributed by atoms with E-state index in [4.69, 9.17) is 15.2 Å². The number of benzene rings is 2. The van der Waals surface area contributed by atoms with Gasteiger partial charge in [0.25, 0.3) is 0 Å². The van der Waals surface area contributed by atoms with Crippen LogP contribution in [0.4, 0.5) is 0 Å². The maximum Gasteiger partial charge on any atom is 0.241 e. The zero-order valence-corrected chi connectivity index (χ0v) is 19.4. The summed E-state index contributed by atoms with van der Waals surface area (Å²) in [4.78, 5) is 30.1. The molecular weight excluding hydrogens is 418 g/mol. The van der Waals surface area contributed by atoms with E-state index >= 15 is 0 Å². The molecule has 3 atom stereocenters. The molecule has 0 radical (unpaired) electrons. The molecule has 2 aromatic carbocycles. The molecule has 0 saturated carbocycles. The van der Waals surface area contributed by atoms with Gasteiger partial charge >= 0.3 is 0 Å². The van der Waals surface area contributed by atoms with Crippen molar-refractivity contribution in [3.63, 3.8) is 0 Å². The first-order valence-corrected chi connectivity index (χ1v) is 11.5. The van der Waals surface area contributed by atoms with Crippen molar-refractivity contribution in [2.75, 3.05) is 40.4 Å². The number of nitrogens with zero attached hydrogens (tertiary/aromatic N) is 2. The lowest BCUT2D eigenvalue weighted by atomic mass is 9.69. The second kappa shape index (κ2) is 9.93. The number of amides is 2. The highest BCUT2D eigenvalue weighted by atomic mass is 16.5. The van der Waals surface area contributed by atoms with Crippen LogP contribution in [0.25, 0.3) is 0 Å². The van der Waals surface area contributed by atoms with Crippen LogP contribution in [0.5, 0.6) is 5.75 Å². The molecule has 4 rings (SSSR count). The van der Waals surface area contributed by atoms with Crippen molar-refractivity contribution >= 4 is 11.8 Å². The van der Waals surface area contributed by atoms with Crippen LogP contribution in [0.15, 0.2) is 54.6 Å². The quantitative estimate of drug-likeness (QED) is 0.699. The molecule has 0 bridgehead atoms. The van der Waals surface area contributed by atoms with Gasteiger partial charge < -0.3 is 25.0 Å². The Balaban J connectivity index is 1.40. The Labute approximate surface area is 195 Å². The molecule has 7 nitrogen and oxygen atoms in total. The zero-order chi connectivity index (χ0) is 23.4. The van der Waals surface area contributed by atoms with E-state index in [0.717, 1.165) is 29.7 Å². The molecule has 2 aliphatic heterocycles. The van der Waals surface area contributed by atoms with Gasteiger partial charge in [-0.3, -0.25) is 9.59 Å². The molecule has 176 valence electrons. The minimum absolute atomic E-state index is 0.0642. The van der Waals surface area contributed by atoms with Crippen LogP contribution in [-0.2, 0) is 20.9 Å². The highest BCUT2D eigenvalue weighted by Crippen LogP contribution is 2.49. The average molecular weight is 452 g/mol. The Bertz CT molecular complexity index is 965. The van der Waals surface area contributed by atoms with E-state index in [1.165, 1.54) is 0 Å². The van der Waals surface area contributed by atoms with Gasteiger partial charge in [0, 0.05) is 32.6 Å². The van der Waals surface area contributed by atoms with Gasteiger partial charge in [-0.25, -0.2) is 0 Å². The summed E-state index contributed by atoms with van der Waals surface area (Å²) in [6.45, 7) is 2.19. The van der Waals surface area contributed by atoms with Crippen molar-refractivity contribution in [1.82, 2.24) is 9.80 Å². The topological polar surface area (TPSA) is 85.1 Å². The first-order chi connectivity index (χ1) is 15.9. The number of likely N-dealkylation sites (N-methyl/N-ethyl adjacent to an activating group) is 1. The third-order valence-electron chi connectivity index (χ3n) is 6.98. The summed E-state index contributed by atoms with van der Waals surface area (Å²) in [5.41, 5.74) is 7.77. The summed E-state index contributed by atoms with van der Waals surface area (Å²) < 4.78 is 10.9. The number of hydrogen-bond acceptors (Lipinski definition) is 5. The SMILES string of the molecule is COc1ccc(COC[C@@H](N)C(=O)N2CCCC3(C2)C(=O)N(C)CC3c2ccccc2)cc1. The standard InChI is InChI=1S/C26H33N3O4/c1-28-15-22(20-7-4-3-5-8-20)26(25(28)31)13-6-14-29(18-26)24(30)23(27)17-33-16-19-9-11-21(32-2)12-10-19/h3-5,7-12,22-23H,6,13-18,27H2,1-2H3/t22?,23-,26?/m1/s1. The lowest BCUT2D eigenvalue weighted by molar-refractivity contribution is -0.144. The number of nitrogens with two attached hydrogens (primary N) is 1. The second-order valence-electron chi connectivity index (χ2n) is 9.14. The summed E-state index contributed by atoms with van der Waals surface area (Å²) in [5.74, 6) is 0.816. The van der Waals surface area contributed by atoms with Gasteiger partial charge in [0.05, 0.1) is 25.7 Å². The van der Waals surface area contributed by atoms with E-state index in [-0.39, 0.29) is 24.3 Å². The van der Waals surface area contributed by atoms with Crippen LogP contribution in [0, 0.1) is 5.41 Å². The van der Waals surface area contributed by atoms with Crippen molar-refractivity contribution < 1.29 is 19.1 Å². The lowest BCUT2D eigenvalue weighted by Crippen LogP contribution is -2.55. The summed E-state index contributed by atoms with van der Waals surface area (Å²) in [6, 6.07) is 17.0. The van der Waals surface area contributed by atoms with Crippen LogP contribution in [0.1, 0.15) is 29.9 Å². The molecule has 2 saturated heterocycles. The number of hydrogen-bond donors (Lipinski definition) is 1. The maximum absolute atomic E-state index is 13.3. The number of piperidine rings is 1. The van der Waals surface area contributed by atoms with Crippen molar-refractivity contribution in [2.45, 2.75) is 31.4 Å². The highest BCUT2D eigenvalue weighted by molar-refractivity contribution is 5.89. The van der Waals surface area contributed by atoms with Gasteiger partial charge in [-0.15, -0.1) is 0 Å². The van der Waals surface area contributed by atoms with Crippen molar-refractivity contribution in [3.05, 3.63) is 65.7 Å². The molecule has 7 heteroatoms. The number of carbonyl (C=O) groups is 2. The van der Waals surface area contributed by atoms with Crippen molar-refractivity contribution in [3.8, 4) is 5.75 Å². The summed E-state index contributed by atoms with van der Waals surface area (Å²) in [7, 11) is 3.48. The van der Waals surface area contributed by atoms with Crippen LogP contribution in [-0.4, -0.2) is 68.1 Å². The number of rotatable bonds is 7. The largest absolute Gasteiger partial charge is 0.497 e. The zero-order valence-electron chi connectivity index (χ0n) is 19.4. The first kappa shape index (κ1) is 23.3. The second-order valence-corrected chi connectivity index (χ2v) is 9.14. The Kier molecular flexibility index (Phi) is 7.00. The Morgan fingerprint density at radius 2 is 1.91 bits per heavy atom. The third kappa shape index (κ3) is 4.75. The van der Waals surface area contributed by atoms with E-state index < -0.39 is 11.5 Å². The fourth-order valence-corrected chi connectivity index (χ4v) is 5.23. The summed E-state index contributed by atoms with van der Waals surface area (Å²) in [5, 5.41) is 0. The maximum atomic E-state index is 13.3. The van der Waals surface area contributed by atoms with Crippen LogP contribution < -0.4 is 10.5 Å². The molecule has 0 aromatic heterocycles. The van der Waals surface area contributed by atoms with Crippen LogP contribution in [0.2, 0.25) is 0 Å². The lowest BCUT2D eigenvalue weighted by Gasteiger charge is -2.42. The molecule has 2 heterocycles. The minimum Gasteiger partial charge on any atom is -0.497 e. The summed E-state index contributed by atoms with van der Waals surface area (Å²) >= 11 is 0. The van der Waals surface area contributed by atoms with Gasteiger partial charge in [-0.2, -0.15) is 0 Å². The molecule has 2 unspecified atom stereocenters. The van der Waals surface area contributed by atoms with Gasteiger partial charge in [0.1, 0.15) is 11.8 Å². The third-order valence-corrected chi connectivity index (χ3v) is 6.98. The minimum atomic E-state index is -0.761. The van der Waals surface area contributed by atoms with E-state index in [9.17, 15) is 9.59 Å². The van der Waals surface area contributed by atoms with E-state index in [2.05, 4.69) is 12.1 Å². The molecule has 1 spiro atoms. The van der Waals surface area contributed by atoms with Gasteiger partial charge in [-0.05, 0) is 36.1 Å². The molecule has 0 aliphatic carbocycles. The van der Waals surface area contributed by atoms with Gasteiger partial charge in [0.2, 0.25) is 11.8 Å². The van der Waals surface area contributed by atoms with Crippen molar-refractivity contribution in [2.24, 2.45) is 11.1 Å². The molecule has 2 aliphatic rings. The number of methoxy groups -OCH3 is 1. The molecule has 2 N–H and O–H groups in total. The number of likely N-dealkylation sites (tertiary alicyclic amines) is 2. The average Bonchev–Trinajstić information content (AvgIpc) is 3.09. The predicted octanol–water partition coefficient (Wildman–Crippen LogP) is 2.40. The Morgan fingerprint density at radius 3 is 2.61 bits per heavy atom. The summed E-state index contributed by atoms with van der Waals surface area (Å²) in [6.07, 6.45) is 1.57. The van der Waals surface area contributed by atoms with Crippen LogP contribution in [0.3, 0.4) is 0 Å².